The molecular formula is C6H3BrClFO2S. The van der Waals surface area contributed by atoms with Crippen LogP contribution in [0.4, 0.5) is 3.89 Å². The maximum atomic E-state index is 12.4. The Morgan fingerprint density at radius 3 is 2.42 bits per heavy atom. The van der Waals surface area contributed by atoms with Crippen LogP contribution in [0.2, 0.25) is 5.02 Å². The van der Waals surface area contributed by atoms with Gasteiger partial charge >= 0.3 is 10.2 Å². The van der Waals surface area contributed by atoms with E-state index < -0.39 is 15.1 Å². The fourth-order valence-electron chi connectivity index (χ4n) is 0.673. The molecule has 2 nitrogen and oxygen atoms in total. The summed E-state index contributed by atoms with van der Waals surface area (Å²) in [5.41, 5.74) is 0. The van der Waals surface area contributed by atoms with Gasteiger partial charge in [0.05, 0.1) is 5.02 Å². The smallest absolute Gasteiger partial charge is 0.189 e. The zero-order chi connectivity index (χ0) is 9.35. The SMILES string of the molecule is O=S(=O)(F)c1ccc(Br)cc1Cl. The number of halogens is 3. The molecule has 0 aliphatic heterocycles. The summed E-state index contributed by atoms with van der Waals surface area (Å²) in [6, 6.07) is 3.81. The first-order valence-electron chi connectivity index (χ1n) is 2.81. The minimum Gasteiger partial charge on any atom is -0.189 e. The summed E-state index contributed by atoms with van der Waals surface area (Å²) in [6.07, 6.45) is 0. The van der Waals surface area contributed by atoms with E-state index in [1.54, 1.807) is 0 Å². The minimum atomic E-state index is -4.70. The summed E-state index contributed by atoms with van der Waals surface area (Å²) in [4.78, 5) is -0.507. The van der Waals surface area contributed by atoms with E-state index in [2.05, 4.69) is 15.9 Å². The van der Waals surface area contributed by atoms with Gasteiger partial charge in [-0.25, -0.2) is 0 Å². The first kappa shape index (κ1) is 9.95. The van der Waals surface area contributed by atoms with Gasteiger partial charge in [0.1, 0.15) is 4.90 Å². The molecule has 0 aromatic heterocycles. The highest BCUT2D eigenvalue weighted by molar-refractivity contribution is 9.10. The predicted octanol–water partition coefficient (Wildman–Crippen LogP) is 2.76. The predicted molar refractivity (Wildman–Crippen MR) is 47.4 cm³/mol. The van der Waals surface area contributed by atoms with Gasteiger partial charge in [-0.15, -0.1) is 3.89 Å². The average Bonchev–Trinajstić information content (AvgIpc) is 1.83. The highest BCUT2D eigenvalue weighted by atomic mass is 79.9. The summed E-state index contributed by atoms with van der Waals surface area (Å²) < 4.78 is 33.8. The summed E-state index contributed by atoms with van der Waals surface area (Å²) in [6.45, 7) is 0. The van der Waals surface area contributed by atoms with E-state index in [-0.39, 0.29) is 5.02 Å². The van der Waals surface area contributed by atoms with Crippen molar-refractivity contribution < 1.29 is 12.3 Å². The number of benzene rings is 1. The lowest BCUT2D eigenvalue weighted by Crippen LogP contribution is -1.92. The molecule has 0 unspecified atom stereocenters. The molecule has 0 spiro atoms. The van der Waals surface area contributed by atoms with Gasteiger partial charge < -0.3 is 0 Å². The maximum Gasteiger partial charge on any atom is 0.333 e. The lowest BCUT2D eigenvalue weighted by atomic mass is 10.4. The van der Waals surface area contributed by atoms with Crippen LogP contribution in [-0.2, 0) is 10.2 Å². The molecule has 0 saturated carbocycles. The largest absolute Gasteiger partial charge is 0.333 e. The lowest BCUT2D eigenvalue weighted by molar-refractivity contribution is 0.552. The van der Waals surface area contributed by atoms with Gasteiger partial charge in [0.15, 0.2) is 0 Å². The van der Waals surface area contributed by atoms with E-state index in [1.807, 2.05) is 0 Å². The molecule has 0 aliphatic carbocycles. The summed E-state index contributed by atoms with van der Waals surface area (Å²) >= 11 is 8.53. The van der Waals surface area contributed by atoms with Crippen molar-refractivity contribution in [2.45, 2.75) is 4.90 Å². The maximum absolute atomic E-state index is 12.4. The van der Waals surface area contributed by atoms with Crippen molar-refractivity contribution in [2.24, 2.45) is 0 Å². The van der Waals surface area contributed by atoms with E-state index in [0.717, 1.165) is 6.07 Å². The molecule has 0 atom stereocenters. The number of rotatable bonds is 1. The highest BCUT2D eigenvalue weighted by Gasteiger charge is 2.15. The topological polar surface area (TPSA) is 34.1 Å². The third kappa shape index (κ3) is 2.18. The molecule has 66 valence electrons. The van der Waals surface area contributed by atoms with Crippen molar-refractivity contribution in [1.82, 2.24) is 0 Å². The van der Waals surface area contributed by atoms with Crippen LogP contribution < -0.4 is 0 Å². The monoisotopic (exact) mass is 272 g/mol. The van der Waals surface area contributed by atoms with Gasteiger partial charge in [-0.3, -0.25) is 0 Å². The van der Waals surface area contributed by atoms with Crippen molar-refractivity contribution in [3.05, 3.63) is 27.7 Å². The highest BCUT2D eigenvalue weighted by Crippen LogP contribution is 2.26. The van der Waals surface area contributed by atoms with Gasteiger partial charge in [0.2, 0.25) is 0 Å². The third-order valence-corrected chi connectivity index (χ3v) is 2.96. The van der Waals surface area contributed by atoms with E-state index in [4.69, 9.17) is 11.6 Å². The van der Waals surface area contributed by atoms with E-state index in [9.17, 15) is 12.3 Å². The van der Waals surface area contributed by atoms with Crippen LogP contribution in [-0.4, -0.2) is 8.42 Å². The fourth-order valence-corrected chi connectivity index (χ4v) is 2.15. The Hall–Kier alpha value is -0.130. The first-order chi connectivity index (χ1) is 5.41. The standard InChI is InChI=1S/C6H3BrClFO2S/c7-4-1-2-6(5(8)3-4)12(9,10)11/h1-3H. The molecule has 0 aliphatic rings. The van der Waals surface area contributed by atoms with Crippen LogP contribution in [0.1, 0.15) is 0 Å². The van der Waals surface area contributed by atoms with E-state index in [0.29, 0.717) is 4.47 Å². The molecule has 0 heterocycles. The molecule has 0 amide bonds. The fraction of sp³-hybridized carbons (Fsp3) is 0. The van der Waals surface area contributed by atoms with E-state index in [1.165, 1.54) is 12.1 Å². The molecular weight excluding hydrogens is 270 g/mol. The Balaban J connectivity index is 3.39. The van der Waals surface area contributed by atoms with Crippen LogP contribution in [0.25, 0.3) is 0 Å². The molecule has 0 fully saturated rings. The second kappa shape index (κ2) is 3.32. The Morgan fingerprint density at radius 2 is 2.00 bits per heavy atom. The van der Waals surface area contributed by atoms with Crippen LogP contribution in [0.15, 0.2) is 27.6 Å². The molecule has 1 aromatic carbocycles. The summed E-state index contributed by atoms with van der Waals surface area (Å²) in [5, 5.41) is -0.133. The first-order valence-corrected chi connectivity index (χ1v) is 5.36. The average molecular weight is 274 g/mol. The van der Waals surface area contributed by atoms with E-state index >= 15 is 0 Å². The molecule has 0 bridgehead atoms. The van der Waals surface area contributed by atoms with Crippen LogP contribution in [0, 0.1) is 0 Å². The lowest BCUT2D eigenvalue weighted by Gasteiger charge is -1.97. The molecule has 1 aromatic rings. The summed E-state index contributed by atoms with van der Waals surface area (Å²) in [5.74, 6) is 0. The molecule has 1 rings (SSSR count). The quantitative estimate of drug-likeness (QED) is 0.737. The van der Waals surface area contributed by atoms with Gasteiger partial charge in [0.25, 0.3) is 0 Å². The number of hydrogen-bond donors (Lipinski definition) is 0. The Kier molecular flexibility index (Phi) is 2.75. The molecule has 12 heavy (non-hydrogen) atoms. The third-order valence-electron chi connectivity index (χ3n) is 1.16. The van der Waals surface area contributed by atoms with Crippen molar-refractivity contribution in [1.29, 1.82) is 0 Å². The normalized spacial score (nSPS) is 11.6. The number of hydrogen-bond acceptors (Lipinski definition) is 2. The Morgan fingerprint density at radius 1 is 1.42 bits per heavy atom. The van der Waals surface area contributed by atoms with Crippen molar-refractivity contribution in [3.63, 3.8) is 0 Å². The zero-order valence-corrected chi connectivity index (χ0v) is 8.75. The molecule has 0 N–H and O–H groups in total. The van der Waals surface area contributed by atoms with Gasteiger partial charge in [0, 0.05) is 4.47 Å². The zero-order valence-electron chi connectivity index (χ0n) is 5.59. The molecule has 0 saturated heterocycles. The van der Waals surface area contributed by atoms with Gasteiger partial charge in [-0.05, 0) is 18.2 Å². The van der Waals surface area contributed by atoms with Crippen LogP contribution in [0.5, 0.6) is 0 Å². The Labute approximate surface area is 82.7 Å². The van der Waals surface area contributed by atoms with Crippen LogP contribution >= 0.6 is 27.5 Å². The Bertz CT molecular complexity index is 404. The van der Waals surface area contributed by atoms with Gasteiger partial charge in [-0.2, -0.15) is 8.42 Å². The second-order valence-corrected chi connectivity index (χ2v) is 4.65. The summed E-state index contributed by atoms with van der Waals surface area (Å²) in [7, 11) is -4.70. The van der Waals surface area contributed by atoms with Crippen molar-refractivity contribution in [2.75, 3.05) is 0 Å². The van der Waals surface area contributed by atoms with Crippen molar-refractivity contribution in [3.8, 4) is 0 Å². The van der Waals surface area contributed by atoms with Crippen LogP contribution in [0.3, 0.4) is 0 Å². The van der Waals surface area contributed by atoms with Crippen molar-refractivity contribution >= 4 is 37.8 Å². The molecule has 0 radical (unpaired) electrons. The second-order valence-electron chi connectivity index (χ2n) is 2.01. The minimum absolute atomic E-state index is 0.133. The molecule has 6 heteroatoms. The van der Waals surface area contributed by atoms with Gasteiger partial charge in [-0.1, -0.05) is 27.5 Å².